The van der Waals surface area contributed by atoms with Crippen molar-refractivity contribution in [3.63, 3.8) is 0 Å². The Bertz CT molecular complexity index is 394. The Balaban J connectivity index is 1.77. The third kappa shape index (κ3) is 3.72. The molecule has 0 aliphatic carbocycles. The van der Waals surface area contributed by atoms with Gasteiger partial charge >= 0.3 is 0 Å². The second-order valence-electron chi connectivity index (χ2n) is 5.15. The van der Waals surface area contributed by atoms with E-state index < -0.39 is 0 Å². The van der Waals surface area contributed by atoms with Gasteiger partial charge in [0.05, 0.1) is 0 Å². The standard InChI is InChI=1S/C15H22BrNO/c1-3-4-5-11(2)17-10-14-9-12-8-13(16)6-7-15(12)18-14/h6-8,11,14,17H,3-5,9-10H2,1-2H3. The summed E-state index contributed by atoms with van der Waals surface area (Å²) in [5, 5.41) is 3.57. The zero-order valence-corrected chi connectivity index (χ0v) is 12.8. The molecular formula is C15H22BrNO. The highest BCUT2D eigenvalue weighted by atomic mass is 79.9. The van der Waals surface area contributed by atoms with Crippen molar-refractivity contribution >= 4 is 15.9 Å². The molecular weight excluding hydrogens is 290 g/mol. The molecule has 3 heteroatoms. The molecule has 0 amide bonds. The lowest BCUT2D eigenvalue weighted by Gasteiger charge is -2.17. The number of ether oxygens (including phenoxy) is 1. The van der Waals surface area contributed by atoms with Crippen LogP contribution in [0.3, 0.4) is 0 Å². The average molecular weight is 312 g/mol. The van der Waals surface area contributed by atoms with Gasteiger partial charge in [0.1, 0.15) is 11.9 Å². The fourth-order valence-electron chi connectivity index (χ4n) is 2.35. The summed E-state index contributed by atoms with van der Waals surface area (Å²) in [7, 11) is 0. The summed E-state index contributed by atoms with van der Waals surface area (Å²) in [5.41, 5.74) is 1.32. The maximum Gasteiger partial charge on any atom is 0.123 e. The molecule has 1 aliphatic rings. The minimum Gasteiger partial charge on any atom is -0.488 e. The van der Waals surface area contributed by atoms with Crippen LogP contribution >= 0.6 is 15.9 Å². The molecule has 0 spiro atoms. The summed E-state index contributed by atoms with van der Waals surface area (Å²) in [5.74, 6) is 1.05. The van der Waals surface area contributed by atoms with Crippen molar-refractivity contribution in [2.24, 2.45) is 0 Å². The second kappa shape index (κ2) is 6.58. The van der Waals surface area contributed by atoms with Crippen molar-refractivity contribution in [3.8, 4) is 5.75 Å². The van der Waals surface area contributed by atoms with Crippen molar-refractivity contribution in [1.82, 2.24) is 5.32 Å². The summed E-state index contributed by atoms with van der Waals surface area (Å²) in [6, 6.07) is 6.85. The minimum absolute atomic E-state index is 0.290. The molecule has 100 valence electrons. The van der Waals surface area contributed by atoms with Gasteiger partial charge < -0.3 is 10.1 Å². The number of hydrogen-bond donors (Lipinski definition) is 1. The van der Waals surface area contributed by atoms with Crippen molar-refractivity contribution < 1.29 is 4.74 Å². The van der Waals surface area contributed by atoms with Crippen LogP contribution in [-0.4, -0.2) is 18.7 Å². The van der Waals surface area contributed by atoms with Crippen LogP contribution in [0.5, 0.6) is 5.75 Å². The predicted molar refractivity (Wildman–Crippen MR) is 79.3 cm³/mol. The average Bonchev–Trinajstić information content (AvgIpc) is 2.75. The Kier molecular flexibility index (Phi) is 5.07. The van der Waals surface area contributed by atoms with Gasteiger partial charge in [-0.25, -0.2) is 0 Å². The Labute approximate surface area is 118 Å². The van der Waals surface area contributed by atoms with Crippen LogP contribution in [0.25, 0.3) is 0 Å². The predicted octanol–water partition coefficient (Wildman–Crippen LogP) is 3.92. The van der Waals surface area contributed by atoms with E-state index in [1.807, 2.05) is 6.07 Å². The number of nitrogens with one attached hydrogen (secondary N) is 1. The van der Waals surface area contributed by atoms with Gasteiger partial charge in [-0.05, 0) is 37.1 Å². The summed E-state index contributed by atoms with van der Waals surface area (Å²) in [4.78, 5) is 0. The number of halogens is 1. The van der Waals surface area contributed by atoms with Gasteiger partial charge in [-0.1, -0.05) is 35.7 Å². The van der Waals surface area contributed by atoms with Gasteiger partial charge in [0, 0.05) is 23.5 Å². The first kappa shape index (κ1) is 13.9. The maximum atomic E-state index is 5.93. The van der Waals surface area contributed by atoms with Crippen LogP contribution in [0.2, 0.25) is 0 Å². The first-order chi connectivity index (χ1) is 8.69. The molecule has 18 heavy (non-hydrogen) atoms. The molecule has 0 bridgehead atoms. The van der Waals surface area contributed by atoms with Gasteiger partial charge in [-0.3, -0.25) is 0 Å². The van der Waals surface area contributed by atoms with Crippen LogP contribution in [0.15, 0.2) is 22.7 Å². The van der Waals surface area contributed by atoms with Gasteiger partial charge in [0.2, 0.25) is 0 Å². The van der Waals surface area contributed by atoms with E-state index in [0.717, 1.165) is 23.2 Å². The molecule has 0 radical (unpaired) electrons. The largest absolute Gasteiger partial charge is 0.488 e. The van der Waals surface area contributed by atoms with Gasteiger partial charge in [-0.2, -0.15) is 0 Å². The molecule has 2 rings (SSSR count). The molecule has 1 aromatic rings. The lowest BCUT2D eigenvalue weighted by Crippen LogP contribution is -2.35. The molecule has 0 aromatic heterocycles. The maximum absolute atomic E-state index is 5.93. The molecule has 1 aliphatic heterocycles. The molecule has 1 aromatic carbocycles. The Hall–Kier alpha value is -0.540. The van der Waals surface area contributed by atoms with Gasteiger partial charge in [0.15, 0.2) is 0 Å². The number of hydrogen-bond acceptors (Lipinski definition) is 2. The van der Waals surface area contributed by atoms with Gasteiger partial charge in [0.25, 0.3) is 0 Å². The van der Waals surface area contributed by atoms with Crippen molar-refractivity contribution in [2.75, 3.05) is 6.54 Å². The first-order valence-electron chi connectivity index (χ1n) is 6.87. The van der Waals surface area contributed by atoms with Crippen molar-refractivity contribution in [2.45, 2.75) is 51.7 Å². The number of unbranched alkanes of at least 4 members (excludes halogenated alkanes) is 1. The number of fused-ring (bicyclic) bond motifs is 1. The van der Waals surface area contributed by atoms with Crippen molar-refractivity contribution in [3.05, 3.63) is 28.2 Å². The van der Waals surface area contributed by atoms with E-state index in [9.17, 15) is 0 Å². The highest BCUT2D eigenvalue weighted by Crippen LogP contribution is 2.30. The van der Waals surface area contributed by atoms with Gasteiger partial charge in [-0.15, -0.1) is 0 Å². The monoisotopic (exact) mass is 311 g/mol. The normalized spacial score (nSPS) is 19.4. The first-order valence-corrected chi connectivity index (χ1v) is 7.66. The highest BCUT2D eigenvalue weighted by molar-refractivity contribution is 9.10. The van der Waals surface area contributed by atoms with Crippen LogP contribution in [0.1, 0.15) is 38.7 Å². The minimum atomic E-state index is 0.290. The van der Waals surface area contributed by atoms with E-state index in [2.05, 4.69) is 47.2 Å². The number of rotatable bonds is 6. The summed E-state index contributed by atoms with van der Waals surface area (Å²) in [6.07, 6.45) is 5.13. The van der Waals surface area contributed by atoms with Crippen LogP contribution < -0.4 is 10.1 Å². The molecule has 2 nitrogen and oxygen atoms in total. The zero-order valence-electron chi connectivity index (χ0n) is 11.2. The fraction of sp³-hybridized carbons (Fsp3) is 0.600. The smallest absolute Gasteiger partial charge is 0.123 e. The summed E-state index contributed by atoms with van der Waals surface area (Å²) < 4.78 is 7.07. The molecule has 1 N–H and O–H groups in total. The molecule has 0 saturated heterocycles. The van der Waals surface area contributed by atoms with E-state index in [4.69, 9.17) is 4.74 Å². The molecule has 0 fully saturated rings. The van der Waals surface area contributed by atoms with Crippen LogP contribution in [-0.2, 0) is 6.42 Å². The Morgan fingerprint density at radius 1 is 1.50 bits per heavy atom. The van der Waals surface area contributed by atoms with Crippen LogP contribution in [0, 0.1) is 0 Å². The Morgan fingerprint density at radius 3 is 3.11 bits per heavy atom. The zero-order chi connectivity index (χ0) is 13.0. The molecule has 2 atom stereocenters. The second-order valence-corrected chi connectivity index (χ2v) is 6.06. The third-order valence-corrected chi connectivity index (χ3v) is 3.94. The van der Waals surface area contributed by atoms with E-state index in [0.29, 0.717) is 12.1 Å². The van der Waals surface area contributed by atoms with E-state index in [1.165, 1.54) is 24.8 Å². The summed E-state index contributed by atoms with van der Waals surface area (Å²) in [6.45, 7) is 5.44. The summed E-state index contributed by atoms with van der Waals surface area (Å²) >= 11 is 3.50. The quantitative estimate of drug-likeness (QED) is 0.859. The topological polar surface area (TPSA) is 21.3 Å². The van der Waals surface area contributed by atoms with E-state index in [1.54, 1.807) is 0 Å². The van der Waals surface area contributed by atoms with E-state index >= 15 is 0 Å². The highest BCUT2D eigenvalue weighted by Gasteiger charge is 2.22. The van der Waals surface area contributed by atoms with Crippen molar-refractivity contribution in [1.29, 1.82) is 0 Å². The number of benzene rings is 1. The fourth-order valence-corrected chi connectivity index (χ4v) is 2.76. The lowest BCUT2D eigenvalue weighted by molar-refractivity contribution is 0.221. The SMILES string of the molecule is CCCCC(C)NCC1Cc2cc(Br)ccc2O1. The van der Waals surface area contributed by atoms with Crippen LogP contribution in [0.4, 0.5) is 0 Å². The Morgan fingerprint density at radius 2 is 2.33 bits per heavy atom. The third-order valence-electron chi connectivity index (χ3n) is 3.45. The van der Waals surface area contributed by atoms with E-state index in [-0.39, 0.29) is 0 Å². The molecule has 0 saturated carbocycles. The molecule has 1 heterocycles. The lowest BCUT2D eigenvalue weighted by atomic mass is 10.1. The molecule has 2 unspecified atom stereocenters.